The van der Waals surface area contributed by atoms with E-state index < -0.39 is 20.8 Å². The van der Waals surface area contributed by atoms with Gasteiger partial charge in [-0.3, -0.25) is 4.55 Å². The van der Waals surface area contributed by atoms with Crippen LogP contribution < -0.4 is 113 Å². The van der Waals surface area contributed by atoms with Crippen molar-refractivity contribution in [3.63, 3.8) is 0 Å². The van der Waals surface area contributed by atoms with Crippen LogP contribution in [0.2, 0.25) is 0 Å². The Bertz CT molecular complexity index is 669. The molecule has 0 atom stereocenters. The molecule has 5 nitrogen and oxygen atoms in total. The number of hydrogen-bond acceptors (Lipinski definition) is 4. The zero-order valence-corrected chi connectivity index (χ0v) is 16.9. The Hall–Kier alpha value is 1.48. The number of benzene rings is 2. The zero-order valence-electron chi connectivity index (χ0n) is 9.88. The topological polar surface area (TPSA) is 100 Å². The van der Waals surface area contributed by atoms with E-state index in [4.69, 9.17) is 4.55 Å². The number of hydrogen-bond donors (Lipinski definition) is 1. The van der Waals surface area contributed by atoms with Crippen LogP contribution in [0.25, 0.3) is 10.8 Å². The van der Waals surface area contributed by atoms with Crippen LogP contribution >= 0.6 is 0 Å². The summed E-state index contributed by atoms with van der Waals surface area (Å²) in [5, 5.41) is 22.9. The molecule has 1 N–H and O–H groups in total. The Morgan fingerprint density at radius 1 is 1.00 bits per heavy atom. The van der Waals surface area contributed by atoms with Gasteiger partial charge in [0.2, 0.25) is 0 Å². The van der Waals surface area contributed by atoms with E-state index in [9.17, 15) is 18.6 Å². The molecule has 0 heterocycles. The maximum absolute atomic E-state index is 11.5. The SMILES string of the molecule is O=S(=O)(O)c1cc([O-])c2cc([O-])ccc2c1.[K+].[K+]. The smallest absolute Gasteiger partial charge is 0.872 e. The van der Waals surface area contributed by atoms with Gasteiger partial charge in [0.05, 0.1) is 4.90 Å². The van der Waals surface area contributed by atoms with E-state index >= 15 is 0 Å². The van der Waals surface area contributed by atoms with E-state index in [1.54, 1.807) is 0 Å². The van der Waals surface area contributed by atoms with Crippen molar-refractivity contribution in [2.75, 3.05) is 0 Å². The minimum absolute atomic E-state index is 0. The van der Waals surface area contributed by atoms with Crippen molar-refractivity contribution in [1.82, 2.24) is 0 Å². The minimum Gasteiger partial charge on any atom is -0.872 e. The van der Waals surface area contributed by atoms with E-state index in [1.807, 2.05) is 0 Å². The molecule has 0 aliphatic rings. The second kappa shape index (κ2) is 7.48. The summed E-state index contributed by atoms with van der Waals surface area (Å²) in [6.07, 6.45) is 0. The van der Waals surface area contributed by atoms with E-state index in [2.05, 4.69) is 0 Å². The predicted octanol–water partition coefficient (Wildman–Crippen LogP) is -5.76. The first-order valence-electron chi connectivity index (χ1n) is 4.27. The molecule has 18 heavy (non-hydrogen) atoms. The first-order chi connectivity index (χ1) is 7.38. The standard InChI is InChI=1S/C10H8O5S.2K/c11-7-2-1-6-3-8(16(13,14)15)5-10(12)9(6)4-7;;/h1-5,11-12H,(H,13,14,15);;/q;2*+1/p-2. The summed E-state index contributed by atoms with van der Waals surface area (Å²) < 4.78 is 30.5. The molecule has 84 valence electrons. The van der Waals surface area contributed by atoms with Gasteiger partial charge in [0.1, 0.15) is 0 Å². The summed E-state index contributed by atoms with van der Waals surface area (Å²) in [6, 6.07) is 5.62. The van der Waals surface area contributed by atoms with Crippen molar-refractivity contribution in [2.24, 2.45) is 0 Å². The van der Waals surface area contributed by atoms with Gasteiger partial charge < -0.3 is 10.2 Å². The Kier molecular flexibility index (Phi) is 8.10. The van der Waals surface area contributed by atoms with E-state index in [1.165, 1.54) is 12.1 Å². The van der Waals surface area contributed by atoms with Gasteiger partial charge in [-0.25, -0.2) is 0 Å². The molecule has 0 aliphatic heterocycles. The van der Waals surface area contributed by atoms with Gasteiger partial charge in [-0.05, 0) is 22.9 Å². The van der Waals surface area contributed by atoms with Crippen molar-refractivity contribution in [2.45, 2.75) is 4.90 Å². The monoisotopic (exact) mass is 316 g/mol. The van der Waals surface area contributed by atoms with Gasteiger partial charge in [0.25, 0.3) is 10.1 Å². The largest absolute Gasteiger partial charge is 1.00 e. The van der Waals surface area contributed by atoms with Gasteiger partial charge in [-0.2, -0.15) is 8.42 Å². The third-order valence-electron chi connectivity index (χ3n) is 2.16. The molecule has 0 spiro atoms. The van der Waals surface area contributed by atoms with Gasteiger partial charge in [0.15, 0.2) is 0 Å². The summed E-state index contributed by atoms with van der Waals surface area (Å²) in [5.41, 5.74) is 0. The molecule has 2 aromatic carbocycles. The van der Waals surface area contributed by atoms with Crippen molar-refractivity contribution in [3.8, 4) is 11.5 Å². The van der Waals surface area contributed by atoms with Crippen LogP contribution in [0.1, 0.15) is 0 Å². The van der Waals surface area contributed by atoms with Gasteiger partial charge in [-0.1, -0.05) is 23.9 Å². The predicted molar refractivity (Wildman–Crippen MR) is 52.7 cm³/mol. The molecular formula is C10H6K2O5S. The molecule has 0 saturated carbocycles. The summed E-state index contributed by atoms with van der Waals surface area (Å²) in [6.45, 7) is 0. The molecule has 0 unspecified atom stereocenters. The second-order valence-corrected chi connectivity index (χ2v) is 4.70. The molecular weight excluding hydrogens is 310 g/mol. The molecule has 2 aromatic rings. The van der Waals surface area contributed by atoms with Crippen LogP contribution in [-0.2, 0) is 10.1 Å². The van der Waals surface area contributed by atoms with Crippen LogP contribution in [0, 0.1) is 0 Å². The van der Waals surface area contributed by atoms with E-state index in [0.717, 1.165) is 18.2 Å². The van der Waals surface area contributed by atoms with Crippen molar-refractivity contribution >= 4 is 20.9 Å². The third-order valence-corrected chi connectivity index (χ3v) is 2.99. The van der Waals surface area contributed by atoms with E-state index in [-0.39, 0.29) is 114 Å². The Labute approximate surface area is 189 Å². The fourth-order valence-corrected chi connectivity index (χ4v) is 1.96. The summed E-state index contributed by atoms with van der Waals surface area (Å²) in [7, 11) is -4.41. The molecule has 0 amide bonds. The first-order valence-corrected chi connectivity index (χ1v) is 5.71. The molecule has 0 radical (unpaired) electrons. The van der Waals surface area contributed by atoms with Crippen LogP contribution in [0.15, 0.2) is 35.2 Å². The Balaban J connectivity index is 0.00000144. The van der Waals surface area contributed by atoms with Crippen LogP contribution in [0.3, 0.4) is 0 Å². The van der Waals surface area contributed by atoms with Crippen molar-refractivity contribution in [3.05, 3.63) is 30.3 Å². The van der Waals surface area contributed by atoms with Crippen LogP contribution in [0.5, 0.6) is 11.5 Å². The number of fused-ring (bicyclic) bond motifs is 1. The molecule has 2 rings (SSSR count). The fraction of sp³-hybridized carbons (Fsp3) is 0. The fourth-order valence-electron chi connectivity index (χ4n) is 1.43. The molecule has 0 aliphatic carbocycles. The number of rotatable bonds is 1. The normalized spacial score (nSPS) is 10.5. The maximum Gasteiger partial charge on any atom is 1.00 e. The quantitative estimate of drug-likeness (QED) is 0.417. The summed E-state index contributed by atoms with van der Waals surface area (Å²) in [4.78, 5) is -0.469. The van der Waals surface area contributed by atoms with E-state index in [0.29, 0.717) is 5.39 Å². The van der Waals surface area contributed by atoms with Gasteiger partial charge in [-0.15, -0.1) is 5.75 Å². The van der Waals surface area contributed by atoms with Gasteiger partial charge in [0, 0.05) is 0 Å². The summed E-state index contributed by atoms with van der Waals surface area (Å²) >= 11 is 0. The first kappa shape index (κ1) is 19.5. The Morgan fingerprint density at radius 3 is 2.17 bits per heavy atom. The summed E-state index contributed by atoms with van der Waals surface area (Å²) in [5.74, 6) is -0.938. The van der Waals surface area contributed by atoms with Gasteiger partial charge >= 0.3 is 103 Å². The van der Waals surface area contributed by atoms with Crippen molar-refractivity contribution < 1.29 is 126 Å². The molecule has 0 bridgehead atoms. The van der Waals surface area contributed by atoms with Crippen molar-refractivity contribution in [1.29, 1.82) is 0 Å². The van der Waals surface area contributed by atoms with Crippen LogP contribution in [0.4, 0.5) is 0 Å². The van der Waals surface area contributed by atoms with Crippen LogP contribution in [-0.4, -0.2) is 13.0 Å². The molecule has 0 saturated heterocycles. The zero-order chi connectivity index (χ0) is 11.9. The third kappa shape index (κ3) is 4.50. The minimum atomic E-state index is -4.41. The maximum atomic E-state index is 11.5. The molecule has 8 heteroatoms. The molecule has 0 fully saturated rings. The average molecular weight is 316 g/mol. The average Bonchev–Trinajstić information content (AvgIpc) is 2.17. The Morgan fingerprint density at radius 2 is 1.61 bits per heavy atom. The second-order valence-electron chi connectivity index (χ2n) is 3.28. The molecule has 0 aromatic heterocycles.